The molecule has 0 aromatic heterocycles. The van der Waals surface area contributed by atoms with E-state index in [2.05, 4.69) is 13.8 Å². The maximum Gasteiger partial charge on any atom is 0.142 e. The molecule has 1 rings (SSSR count). The maximum absolute atomic E-state index is 9.44. The van der Waals surface area contributed by atoms with Gasteiger partial charge in [-0.25, -0.2) is 0 Å². The molecule has 12 heavy (non-hydrogen) atoms. The average Bonchev–Trinajstić information content (AvgIpc) is 1.99. The van der Waals surface area contributed by atoms with Crippen LogP contribution in [0.15, 0.2) is 0 Å². The molecule has 2 N–H and O–H groups in total. The van der Waals surface area contributed by atoms with Crippen LogP contribution in [0.5, 0.6) is 0 Å². The quantitative estimate of drug-likeness (QED) is 0.504. The number of aliphatic hydroxyl groups excluding tert-OH is 2. The lowest BCUT2D eigenvalue weighted by molar-refractivity contribution is -0.149. The topological polar surface area (TPSA) is 49.7 Å². The highest BCUT2D eigenvalue weighted by molar-refractivity contribution is 6.11. The maximum atomic E-state index is 9.44. The molecular formula is C8H17BO3. The molecule has 1 aliphatic rings. The van der Waals surface area contributed by atoms with Crippen molar-refractivity contribution in [2.24, 2.45) is 5.92 Å². The Morgan fingerprint density at radius 1 is 1.42 bits per heavy atom. The minimum absolute atomic E-state index is 0.0819. The largest absolute Gasteiger partial charge is 0.390 e. The third-order valence-electron chi connectivity index (χ3n) is 2.48. The normalized spacial score (nSPS) is 43.4. The standard InChI is InChI=1S/C8H17BO3/c1-4(2)6-3-5(10)7(11)8(9)12-6/h4-8,10-11H,3,9H2,1-2H3/t5-,6?,7+,8+/m1/s1. The van der Waals surface area contributed by atoms with E-state index in [4.69, 9.17) is 4.74 Å². The zero-order chi connectivity index (χ0) is 9.30. The summed E-state index contributed by atoms with van der Waals surface area (Å²) in [5.41, 5.74) is 0. The van der Waals surface area contributed by atoms with Gasteiger partial charge in [0.25, 0.3) is 0 Å². The predicted octanol–water partition coefficient (Wildman–Crippen LogP) is -0.888. The van der Waals surface area contributed by atoms with Gasteiger partial charge in [0, 0.05) is 6.42 Å². The van der Waals surface area contributed by atoms with E-state index in [1.807, 2.05) is 0 Å². The Bertz CT molecular complexity index is 139. The highest BCUT2D eigenvalue weighted by Gasteiger charge is 2.34. The Hall–Kier alpha value is -0.0551. The van der Waals surface area contributed by atoms with Crippen molar-refractivity contribution in [2.75, 3.05) is 0 Å². The van der Waals surface area contributed by atoms with Crippen molar-refractivity contribution in [1.82, 2.24) is 0 Å². The first-order valence-electron chi connectivity index (χ1n) is 4.54. The van der Waals surface area contributed by atoms with Gasteiger partial charge >= 0.3 is 0 Å². The van der Waals surface area contributed by atoms with Gasteiger partial charge in [0.2, 0.25) is 0 Å². The number of aliphatic hydroxyl groups is 2. The molecule has 1 aliphatic heterocycles. The molecule has 0 saturated carbocycles. The lowest BCUT2D eigenvalue weighted by Gasteiger charge is -2.37. The van der Waals surface area contributed by atoms with Crippen LogP contribution in [-0.2, 0) is 4.74 Å². The fourth-order valence-electron chi connectivity index (χ4n) is 1.53. The molecule has 1 heterocycles. The second-order valence-corrected chi connectivity index (χ2v) is 3.92. The van der Waals surface area contributed by atoms with Crippen LogP contribution in [0.3, 0.4) is 0 Å². The van der Waals surface area contributed by atoms with Gasteiger partial charge in [-0.1, -0.05) is 13.8 Å². The van der Waals surface area contributed by atoms with Gasteiger partial charge < -0.3 is 14.9 Å². The van der Waals surface area contributed by atoms with Crippen LogP contribution in [0.1, 0.15) is 20.3 Å². The molecule has 0 aromatic carbocycles. The smallest absolute Gasteiger partial charge is 0.142 e. The summed E-state index contributed by atoms with van der Waals surface area (Å²) in [6.07, 6.45) is -0.719. The molecule has 0 spiro atoms. The van der Waals surface area contributed by atoms with Crippen LogP contribution in [0.2, 0.25) is 0 Å². The van der Waals surface area contributed by atoms with Gasteiger partial charge in [-0.05, 0) is 5.92 Å². The Balaban J connectivity index is 2.53. The molecule has 4 atom stereocenters. The van der Waals surface area contributed by atoms with E-state index >= 15 is 0 Å². The summed E-state index contributed by atoms with van der Waals surface area (Å²) in [6, 6.07) is -0.249. The Kier molecular flexibility index (Phi) is 3.15. The van der Waals surface area contributed by atoms with E-state index in [9.17, 15) is 10.2 Å². The number of rotatable bonds is 1. The first-order valence-corrected chi connectivity index (χ1v) is 4.54. The molecule has 0 radical (unpaired) electrons. The molecular weight excluding hydrogens is 155 g/mol. The molecule has 1 saturated heterocycles. The van der Waals surface area contributed by atoms with Crippen molar-refractivity contribution in [2.45, 2.75) is 44.6 Å². The van der Waals surface area contributed by atoms with Crippen LogP contribution in [0.25, 0.3) is 0 Å². The molecule has 1 fully saturated rings. The molecule has 70 valence electrons. The Morgan fingerprint density at radius 3 is 2.42 bits per heavy atom. The van der Waals surface area contributed by atoms with E-state index in [0.29, 0.717) is 12.3 Å². The van der Waals surface area contributed by atoms with Crippen molar-refractivity contribution in [3.8, 4) is 0 Å². The SMILES string of the molecule is B[C@H]1OC(C(C)C)C[C@@H](O)[C@@H]1O. The van der Waals surface area contributed by atoms with Crippen molar-refractivity contribution < 1.29 is 14.9 Å². The number of hydrogen-bond acceptors (Lipinski definition) is 3. The van der Waals surface area contributed by atoms with Crippen molar-refractivity contribution >= 4 is 7.85 Å². The van der Waals surface area contributed by atoms with Crippen molar-refractivity contribution in [3.63, 3.8) is 0 Å². The molecule has 3 nitrogen and oxygen atoms in total. The Labute approximate surface area is 74.1 Å². The summed E-state index contributed by atoms with van der Waals surface area (Å²) in [4.78, 5) is 0. The van der Waals surface area contributed by atoms with E-state index in [0.717, 1.165) is 0 Å². The van der Waals surface area contributed by atoms with Gasteiger partial charge in [-0.3, -0.25) is 0 Å². The summed E-state index contributed by atoms with van der Waals surface area (Å²) in [7, 11) is 1.79. The number of ether oxygens (including phenoxy) is 1. The van der Waals surface area contributed by atoms with Crippen LogP contribution in [-0.4, -0.2) is 42.4 Å². The van der Waals surface area contributed by atoms with Crippen LogP contribution in [0.4, 0.5) is 0 Å². The summed E-state index contributed by atoms with van der Waals surface area (Å²) >= 11 is 0. The van der Waals surface area contributed by atoms with E-state index in [1.165, 1.54) is 0 Å². The second kappa shape index (κ2) is 3.77. The Morgan fingerprint density at radius 2 is 2.00 bits per heavy atom. The summed E-state index contributed by atoms with van der Waals surface area (Å²) in [5.74, 6) is 0.398. The zero-order valence-corrected chi connectivity index (χ0v) is 7.90. The average molecular weight is 172 g/mol. The summed E-state index contributed by atoms with van der Waals surface area (Å²) in [5, 5.41) is 18.8. The van der Waals surface area contributed by atoms with E-state index in [1.54, 1.807) is 7.85 Å². The van der Waals surface area contributed by atoms with Crippen molar-refractivity contribution in [1.29, 1.82) is 0 Å². The molecule has 1 unspecified atom stereocenters. The molecule has 4 heteroatoms. The minimum Gasteiger partial charge on any atom is -0.390 e. The van der Waals surface area contributed by atoms with Crippen LogP contribution < -0.4 is 0 Å². The third-order valence-corrected chi connectivity index (χ3v) is 2.48. The van der Waals surface area contributed by atoms with Crippen LogP contribution >= 0.6 is 0 Å². The highest BCUT2D eigenvalue weighted by atomic mass is 16.5. The highest BCUT2D eigenvalue weighted by Crippen LogP contribution is 2.23. The summed E-state index contributed by atoms with van der Waals surface area (Å²) < 4.78 is 5.52. The zero-order valence-electron chi connectivity index (χ0n) is 7.90. The van der Waals surface area contributed by atoms with Crippen LogP contribution in [0, 0.1) is 5.92 Å². The minimum atomic E-state index is -0.722. The van der Waals surface area contributed by atoms with Gasteiger partial charge in [-0.15, -0.1) is 0 Å². The fraction of sp³-hybridized carbons (Fsp3) is 1.00. The van der Waals surface area contributed by atoms with Gasteiger partial charge in [-0.2, -0.15) is 0 Å². The van der Waals surface area contributed by atoms with Gasteiger partial charge in [0.05, 0.1) is 24.3 Å². The van der Waals surface area contributed by atoms with E-state index < -0.39 is 12.2 Å². The monoisotopic (exact) mass is 172 g/mol. The lowest BCUT2D eigenvalue weighted by atomic mass is 9.84. The predicted molar refractivity (Wildman–Crippen MR) is 48.7 cm³/mol. The van der Waals surface area contributed by atoms with E-state index in [-0.39, 0.29) is 12.1 Å². The summed E-state index contributed by atoms with van der Waals surface area (Å²) in [6.45, 7) is 4.11. The first-order chi connectivity index (χ1) is 5.52. The number of hydrogen-bond donors (Lipinski definition) is 2. The fourth-order valence-corrected chi connectivity index (χ4v) is 1.53. The third kappa shape index (κ3) is 2.00. The van der Waals surface area contributed by atoms with Gasteiger partial charge in [0.15, 0.2) is 0 Å². The second-order valence-electron chi connectivity index (χ2n) is 3.92. The molecule has 0 bridgehead atoms. The molecule has 0 aromatic rings. The molecule has 0 amide bonds. The first kappa shape index (κ1) is 10.0. The van der Waals surface area contributed by atoms with Gasteiger partial charge in [0.1, 0.15) is 7.85 Å². The van der Waals surface area contributed by atoms with Crippen molar-refractivity contribution in [3.05, 3.63) is 0 Å². The lowest BCUT2D eigenvalue weighted by Crippen LogP contribution is -2.49. The molecule has 0 aliphatic carbocycles.